The molecule has 2 amide bonds. The summed E-state index contributed by atoms with van der Waals surface area (Å²) >= 11 is 0. The topological polar surface area (TPSA) is 71.1 Å². The molecular formula is C21H31N3O4. The van der Waals surface area contributed by atoms with Crippen molar-refractivity contribution in [3.8, 4) is 5.75 Å². The average molecular weight is 389 g/mol. The van der Waals surface area contributed by atoms with E-state index in [0.29, 0.717) is 17.9 Å². The number of hydrogen-bond acceptors (Lipinski definition) is 5. The van der Waals surface area contributed by atoms with Gasteiger partial charge < -0.3 is 19.7 Å². The lowest BCUT2D eigenvalue weighted by molar-refractivity contribution is -0.127. The molecule has 1 aromatic carbocycles. The van der Waals surface area contributed by atoms with Crippen molar-refractivity contribution in [3.63, 3.8) is 0 Å². The second-order valence-electron chi connectivity index (χ2n) is 7.84. The summed E-state index contributed by atoms with van der Waals surface area (Å²) in [6, 6.07) is 6.47. The van der Waals surface area contributed by atoms with E-state index in [1.54, 1.807) is 36.3 Å². The number of likely N-dealkylation sites (N-methyl/N-ethyl adjacent to an activating group) is 1. The predicted octanol–water partition coefficient (Wildman–Crippen LogP) is 1.87. The summed E-state index contributed by atoms with van der Waals surface area (Å²) in [6.07, 6.45) is 4.66. The third kappa shape index (κ3) is 4.31. The van der Waals surface area contributed by atoms with Gasteiger partial charge in [0, 0.05) is 18.7 Å². The zero-order valence-electron chi connectivity index (χ0n) is 17.1. The minimum atomic E-state index is -0.679. The van der Waals surface area contributed by atoms with Gasteiger partial charge in [0.1, 0.15) is 17.5 Å². The summed E-state index contributed by atoms with van der Waals surface area (Å²) in [5.41, 5.74) is -0.164. The van der Waals surface area contributed by atoms with Crippen molar-refractivity contribution in [1.82, 2.24) is 15.1 Å². The van der Waals surface area contributed by atoms with Crippen LogP contribution in [-0.4, -0.2) is 74.3 Å². The minimum Gasteiger partial charge on any atom is -0.497 e. The van der Waals surface area contributed by atoms with E-state index in [4.69, 9.17) is 9.47 Å². The molecule has 1 heterocycles. The monoisotopic (exact) mass is 389 g/mol. The highest BCUT2D eigenvalue weighted by Gasteiger charge is 2.52. The van der Waals surface area contributed by atoms with Crippen molar-refractivity contribution in [1.29, 1.82) is 0 Å². The fourth-order valence-electron chi connectivity index (χ4n) is 4.09. The Labute approximate surface area is 167 Å². The van der Waals surface area contributed by atoms with Gasteiger partial charge in [-0.25, -0.2) is 0 Å². The molecule has 1 atom stereocenters. The number of nitrogens with one attached hydrogen (secondary N) is 1. The van der Waals surface area contributed by atoms with Crippen LogP contribution in [0.15, 0.2) is 24.3 Å². The maximum Gasteiger partial charge on any atom is 0.257 e. The molecule has 2 fully saturated rings. The van der Waals surface area contributed by atoms with Crippen LogP contribution in [0.5, 0.6) is 5.75 Å². The third-order valence-electron chi connectivity index (χ3n) is 5.59. The van der Waals surface area contributed by atoms with Crippen molar-refractivity contribution < 1.29 is 19.1 Å². The SMILES string of the molecule is COc1cccc(C(=O)N2[C@@H](C(=O)NCCN(C)C)COC23CCCCC3)c1. The summed E-state index contributed by atoms with van der Waals surface area (Å²) in [4.78, 5) is 30.1. The van der Waals surface area contributed by atoms with Crippen LogP contribution < -0.4 is 10.1 Å². The molecule has 1 aliphatic heterocycles. The third-order valence-corrected chi connectivity index (χ3v) is 5.59. The first kappa shape index (κ1) is 20.6. The fourth-order valence-corrected chi connectivity index (χ4v) is 4.09. The minimum absolute atomic E-state index is 0.152. The second-order valence-corrected chi connectivity index (χ2v) is 7.84. The van der Waals surface area contributed by atoms with Crippen LogP contribution in [0.2, 0.25) is 0 Å². The van der Waals surface area contributed by atoms with E-state index in [1.165, 1.54) is 0 Å². The van der Waals surface area contributed by atoms with Gasteiger partial charge in [0.15, 0.2) is 0 Å². The van der Waals surface area contributed by atoms with Gasteiger partial charge in [-0.1, -0.05) is 12.5 Å². The maximum absolute atomic E-state index is 13.5. The predicted molar refractivity (Wildman–Crippen MR) is 106 cm³/mol. The molecule has 0 aromatic heterocycles. The normalized spacial score (nSPS) is 21.1. The van der Waals surface area contributed by atoms with E-state index in [1.807, 2.05) is 19.0 Å². The molecule has 1 spiro atoms. The number of carbonyl (C=O) groups is 2. The van der Waals surface area contributed by atoms with Gasteiger partial charge in [-0.05, 0) is 58.0 Å². The molecule has 0 unspecified atom stereocenters. The largest absolute Gasteiger partial charge is 0.497 e. The summed E-state index contributed by atoms with van der Waals surface area (Å²) in [6.45, 7) is 1.52. The summed E-state index contributed by atoms with van der Waals surface area (Å²) < 4.78 is 11.4. The summed E-state index contributed by atoms with van der Waals surface area (Å²) in [5, 5.41) is 2.96. The molecule has 154 valence electrons. The molecule has 28 heavy (non-hydrogen) atoms. The highest BCUT2D eigenvalue weighted by molar-refractivity contribution is 5.98. The van der Waals surface area contributed by atoms with E-state index in [9.17, 15) is 9.59 Å². The van der Waals surface area contributed by atoms with Gasteiger partial charge in [0.2, 0.25) is 5.91 Å². The molecule has 0 bridgehead atoms. The highest BCUT2D eigenvalue weighted by Crippen LogP contribution is 2.41. The van der Waals surface area contributed by atoms with Crippen LogP contribution in [0.25, 0.3) is 0 Å². The molecule has 0 radical (unpaired) electrons. The molecule has 1 aliphatic carbocycles. The van der Waals surface area contributed by atoms with Crippen molar-refractivity contribution >= 4 is 11.8 Å². The molecule has 1 N–H and O–H groups in total. The lowest BCUT2D eigenvalue weighted by Crippen LogP contribution is -2.56. The van der Waals surface area contributed by atoms with E-state index in [0.717, 1.165) is 38.6 Å². The molecule has 1 aromatic rings. The van der Waals surface area contributed by atoms with Crippen molar-refractivity contribution in [3.05, 3.63) is 29.8 Å². The zero-order valence-corrected chi connectivity index (χ0v) is 17.1. The first-order chi connectivity index (χ1) is 13.5. The van der Waals surface area contributed by atoms with Crippen LogP contribution in [0.3, 0.4) is 0 Å². The first-order valence-electron chi connectivity index (χ1n) is 10.0. The van der Waals surface area contributed by atoms with Gasteiger partial charge in [-0.15, -0.1) is 0 Å². The Morgan fingerprint density at radius 1 is 1.29 bits per heavy atom. The van der Waals surface area contributed by atoms with Crippen molar-refractivity contribution in [2.75, 3.05) is 40.9 Å². The van der Waals surface area contributed by atoms with Gasteiger partial charge in [0.05, 0.1) is 13.7 Å². The Bertz CT molecular complexity index is 701. The Morgan fingerprint density at radius 3 is 2.71 bits per heavy atom. The van der Waals surface area contributed by atoms with E-state index in [-0.39, 0.29) is 18.4 Å². The number of amides is 2. The lowest BCUT2D eigenvalue weighted by Gasteiger charge is -2.41. The Kier molecular flexibility index (Phi) is 6.57. The number of benzene rings is 1. The number of rotatable bonds is 6. The van der Waals surface area contributed by atoms with Crippen LogP contribution >= 0.6 is 0 Å². The number of nitrogens with zero attached hydrogens (tertiary/aromatic N) is 2. The maximum atomic E-state index is 13.5. The fraction of sp³-hybridized carbons (Fsp3) is 0.619. The molecule has 7 nitrogen and oxygen atoms in total. The molecule has 1 saturated carbocycles. The van der Waals surface area contributed by atoms with Crippen molar-refractivity contribution in [2.24, 2.45) is 0 Å². The molecule has 7 heteroatoms. The summed E-state index contributed by atoms with van der Waals surface area (Å²) in [5.74, 6) is 0.294. The molecule has 1 saturated heterocycles. The summed E-state index contributed by atoms with van der Waals surface area (Å²) in [7, 11) is 5.49. The first-order valence-corrected chi connectivity index (χ1v) is 10.0. The Hall–Kier alpha value is -2.12. The number of ether oxygens (including phenoxy) is 2. The highest BCUT2D eigenvalue weighted by atomic mass is 16.5. The second kappa shape index (κ2) is 8.92. The quantitative estimate of drug-likeness (QED) is 0.804. The number of carbonyl (C=O) groups excluding carboxylic acids is 2. The molecular weight excluding hydrogens is 358 g/mol. The van der Waals surface area contributed by atoms with Crippen LogP contribution in [-0.2, 0) is 9.53 Å². The average Bonchev–Trinajstić information content (AvgIpc) is 3.06. The smallest absolute Gasteiger partial charge is 0.257 e. The van der Waals surface area contributed by atoms with E-state index >= 15 is 0 Å². The van der Waals surface area contributed by atoms with Crippen LogP contribution in [0.4, 0.5) is 0 Å². The molecule has 3 rings (SSSR count). The lowest BCUT2D eigenvalue weighted by atomic mass is 9.89. The Morgan fingerprint density at radius 2 is 2.04 bits per heavy atom. The zero-order chi connectivity index (χ0) is 20.1. The van der Waals surface area contributed by atoms with Gasteiger partial charge >= 0.3 is 0 Å². The van der Waals surface area contributed by atoms with E-state index in [2.05, 4.69) is 5.32 Å². The van der Waals surface area contributed by atoms with Crippen molar-refractivity contribution in [2.45, 2.75) is 43.9 Å². The standard InChI is InChI=1S/C21H31N3O4/c1-23(2)13-12-22-19(25)18-15-28-21(10-5-4-6-11-21)24(18)20(26)16-8-7-9-17(14-16)27-3/h7-9,14,18H,4-6,10-13,15H2,1-3H3,(H,22,25)/t18-/m1/s1. The molecule has 2 aliphatic rings. The van der Waals surface area contributed by atoms with E-state index < -0.39 is 11.8 Å². The van der Waals surface area contributed by atoms with Gasteiger partial charge in [-0.2, -0.15) is 0 Å². The Balaban J connectivity index is 1.85. The number of methoxy groups -OCH3 is 1. The van der Waals surface area contributed by atoms with Gasteiger partial charge in [-0.3, -0.25) is 14.5 Å². The van der Waals surface area contributed by atoms with Crippen LogP contribution in [0.1, 0.15) is 42.5 Å². The van der Waals surface area contributed by atoms with Gasteiger partial charge in [0.25, 0.3) is 5.91 Å². The number of hydrogen-bond donors (Lipinski definition) is 1. The van der Waals surface area contributed by atoms with Crippen LogP contribution in [0, 0.1) is 0 Å².